The molecule has 3 rings (SSSR count). The normalized spacial score (nSPS) is 15.9. The highest BCUT2D eigenvalue weighted by molar-refractivity contribution is 5.56. The number of hydrogen-bond acceptors (Lipinski definition) is 1. The zero-order chi connectivity index (χ0) is 12.8. The van der Waals surface area contributed by atoms with E-state index in [9.17, 15) is 13.2 Å². The van der Waals surface area contributed by atoms with Crippen molar-refractivity contribution in [3.05, 3.63) is 41.7 Å². The number of H-pyrrole nitrogens is 1. The zero-order valence-electron chi connectivity index (χ0n) is 9.46. The monoisotopic (exact) mass is 252 g/mol. The van der Waals surface area contributed by atoms with Crippen molar-refractivity contribution >= 4 is 0 Å². The lowest BCUT2D eigenvalue weighted by Gasteiger charge is -2.06. The second-order valence-electron chi connectivity index (χ2n) is 4.54. The van der Waals surface area contributed by atoms with Crippen LogP contribution in [0.25, 0.3) is 11.4 Å². The van der Waals surface area contributed by atoms with Gasteiger partial charge in [-0.1, -0.05) is 12.1 Å². The van der Waals surface area contributed by atoms with E-state index in [0.717, 1.165) is 30.7 Å². The molecule has 2 aromatic rings. The minimum Gasteiger partial charge on any atom is -0.342 e. The number of nitrogens with zero attached hydrogens (tertiary/aromatic N) is 1. The van der Waals surface area contributed by atoms with Crippen molar-refractivity contribution in [1.82, 2.24) is 9.97 Å². The summed E-state index contributed by atoms with van der Waals surface area (Å²) in [6.07, 6.45) is -0.200. The Hall–Kier alpha value is -1.78. The van der Waals surface area contributed by atoms with Gasteiger partial charge in [-0.05, 0) is 25.0 Å². The fourth-order valence-electron chi connectivity index (χ4n) is 1.90. The van der Waals surface area contributed by atoms with Gasteiger partial charge in [-0.15, -0.1) is 0 Å². The molecule has 1 fully saturated rings. The Morgan fingerprint density at radius 2 is 1.78 bits per heavy atom. The number of halogens is 3. The van der Waals surface area contributed by atoms with Crippen LogP contribution in [0, 0.1) is 0 Å². The van der Waals surface area contributed by atoms with Crippen LogP contribution in [0.5, 0.6) is 0 Å². The second-order valence-corrected chi connectivity index (χ2v) is 4.54. The molecule has 1 aromatic carbocycles. The van der Waals surface area contributed by atoms with Gasteiger partial charge in [-0.25, -0.2) is 4.98 Å². The van der Waals surface area contributed by atoms with Gasteiger partial charge in [0.25, 0.3) is 0 Å². The van der Waals surface area contributed by atoms with E-state index < -0.39 is 11.7 Å². The van der Waals surface area contributed by atoms with Crippen LogP contribution < -0.4 is 0 Å². The summed E-state index contributed by atoms with van der Waals surface area (Å²) < 4.78 is 37.3. The highest BCUT2D eigenvalue weighted by atomic mass is 19.4. The SMILES string of the molecule is FC(F)(F)c1ccc(-c2ncc(C3CC3)[nH]2)cc1. The summed E-state index contributed by atoms with van der Waals surface area (Å²) in [4.78, 5) is 7.36. The van der Waals surface area contributed by atoms with Crippen LogP contribution in [0.1, 0.15) is 30.0 Å². The molecule has 0 unspecified atom stereocenters. The molecule has 1 heterocycles. The molecule has 0 atom stereocenters. The molecule has 1 aromatic heterocycles. The van der Waals surface area contributed by atoms with Crippen LogP contribution in [0.3, 0.4) is 0 Å². The number of alkyl halides is 3. The van der Waals surface area contributed by atoms with Gasteiger partial charge in [0.05, 0.1) is 5.56 Å². The molecule has 1 aliphatic rings. The van der Waals surface area contributed by atoms with Crippen molar-refractivity contribution < 1.29 is 13.2 Å². The molecule has 18 heavy (non-hydrogen) atoms. The molecule has 0 spiro atoms. The molecule has 94 valence electrons. The Labute approximate surface area is 102 Å². The van der Waals surface area contributed by atoms with Crippen LogP contribution in [-0.4, -0.2) is 9.97 Å². The number of imidazole rings is 1. The zero-order valence-corrected chi connectivity index (χ0v) is 9.46. The Morgan fingerprint density at radius 1 is 1.11 bits per heavy atom. The molecular formula is C13H11F3N2. The molecule has 1 aliphatic carbocycles. The van der Waals surface area contributed by atoms with E-state index in [0.29, 0.717) is 17.3 Å². The second kappa shape index (κ2) is 3.86. The minimum absolute atomic E-state index is 0.556. The lowest BCUT2D eigenvalue weighted by molar-refractivity contribution is -0.137. The summed E-state index contributed by atoms with van der Waals surface area (Å²) in [5, 5.41) is 0. The van der Waals surface area contributed by atoms with Crippen LogP contribution in [0.15, 0.2) is 30.5 Å². The van der Waals surface area contributed by atoms with Gasteiger partial charge in [0.2, 0.25) is 0 Å². The first-order valence-electron chi connectivity index (χ1n) is 5.76. The number of aromatic nitrogens is 2. The summed E-state index contributed by atoms with van der Waals surface area (Å²) in [5.41, 5.74) is 1.11. The van der Waals surface area contributed by atoms with Gasteiger partial charge in [0.1, 0.15) is 5.82 Å². The Kier molecular flexibility index (Phi) is 2.43. The highest BCUT2D eigenvalue weighted by Crippen LogP contribution is 2.39. The maximum atomic E-state index is 12.4. The molecule has 5 heteroatoms. The van der Waals surface area contributed by atoms with Crippen molar-refractivity contribution in [3.63, 3.8) is 0 Å². The maximum absolute atomic E-state index is 12.4. The molecule has 1 N–H and O–H groups in total. The Bertz CT molecular complexity index is 550. The van der Waals surface area contributed by atoms with Gasteiger partial charge in [-0.2, -0.15) is 13.2 Å². The predicted octanol–water partition coefficient (Wildman–Crippen LogP) is 3.97. The molecular weight excluding hydrogens is 241 g/mol. The topological polar surface area (TPSA) is 28.7 Å². The maximum Gasteiger partial charge on any atom is 0.416 e. The molecule has 1 saturated carbocycles. The molecule has 0 amide bonds. The molecule has 0 saturated heterocycles. The van der Waals surface area contributed by atoms with Crippen LogP contribution in [-0.2, 0) is 6.18 Å². The quantitative estimate of drug-likeness (QED) is 0.860. The van der Waals surface area contributed by atoms with E-state index in [2.05, 4.69) is 9.97 Å². The first-order valence-corrected chi connectivity index (χ1v) is 5.76. The summed E-state index contributed by atoms with van der Waals surface area (Å²) in [6, 6.07) is 5.04. The van der Waals surface area contributed by atoms with Crippen molar-refractivity contribution in [1.29, 1.82) is 0 Å². The standard InChI is InChI=1S/C13H11F3N2/c14-13(15,16)10-5-3-9(4-6-10)12-17-7-11(18-12)8-1-2-8/h3-8H,1-2H2,(H,17,18). The Balaban J connectivity index is 1.87. The molecule has 0 bridgehead atoms. The van der Waals surface area contributed by atoms with Gasteiger partial charge < -0.3 is 4.98 Å². The number of aromatic amines is 1. The van der Waals surface area contributed by atoms with E-state index in [1.807, 2.05) is 0 Å². The summed E-state index contributed by atoms with van der Waals surface area (Å²) in [5.74, 6) is 1.19. The largest absolute Gasteiger partial charge is 0.416 e. The van der Waals surface area contributed by atoms with E-state index in [1.54, 1.807) is 6.20 Å². The summed E-state index contributed by atoms with van der Waals surface area (Å²) >= 11 is 0. The number of nitrogens with one attached hydrogen (secondary N) is 1. The van der Waals surface area contributed by atoms with Crippen molar-refractivity contribution in [2.45, 2.75) is 24.9 Å². The van der Waals surface area contributed by atoms with Gasteiger partial charge in [-0.3, -0.25) is 0 Å². The minimum atomic E-state index is -4.29. The molecule has 2 nitrogen and oxygen atoms in total. The third-order valence-electron chi connectivity index (χ3n) is 3.10. The van der Waals surface area contributed by atoms with E-state index >= 15 is 0 Å². The van der Waals surface area contributed by atoms with Crippen molar-refractivity contribution in [2.75, 3.05) is 0 Å². The smallest absolute Gasteiger partial charge is 0.342 e. The first kappa shape index (κ1) is 11.3. The molecule has 0 aliphatic heterocycles. The Morgan fingerprint density at radius 3 is 2.33 bits per heavy atom. The average Bonchev–Trinajstić information content (AvgIpc) is 3.06. The van der Waals surface area contributed by atoms with E-state index in [1.165, 1.54) is 12.1 Å². The average molecular weight is 252 g/mol. The van der Waals surface area contributed by atoms with Crippen LogP contribution in [0.2, 0.25) is 0 Å². The third-order valence-corrected chi connectivity index (χ3v) is 3.10. The lowest BCUT2D eigenvalue weighted by atomic mass is 10.1. The van der Waals surface area contributed by atoms with Crippen molar-refractivity contribution in [2.24, 2.45) is 0 Å². The van der Waals surface area contributed by atoms with Gasteiger partial charge >= 0.3 is 6.18 Å². The van der Waals surface area contributed by atoms with E-state index in [4.69, 9.17) is 0 Å². The van der Waals surface area contributed by atoms with Gasteiger partial charge in [0.15, 0.2) is 0 Å². The number of benzene rings is 1. The number of hydrogen-bond donors (Lipinski definition) is 1. The summed E-state index contributed by atoms with van der Waals surface area (Å²) in [7, 11) is 0. The molecule has 0 radical (unpaired) electrons. The highest BCUT2D eigenvalue weighted by Gasteiger charge is 2.30. The lowest BCUT2D eigenvalue weighted by Crippen LogP contribution is -2.04. The third kappa shape index (κ3) is 2.12. The van der Waals surface area contributed by atoms with Crippen molar-refractivity contribution in [3.8, 4) is 11.4 Å². The predicted molar refractivity (Wildman–Crippen MR) is 61.0 cm³/mol. The van der Waals surface area contributed by atoms with Crippen LogP contribution >= 0.6 is 0 Å². The summed E-state index contributed by atoms with van der Waals surface area (Å²) in [6.45, 7) is 0. The first-order chi connectivity index (χ1) is 8.54. The fraction of sp³-hybridized carbons (Fsp3) is 0.308. The fourth-order valence-corrected chi connectivity index (χ4v) is 1.90. The van der Waals surface area contributed by atoms with Gasteiger partial charge in [0, 0.05) is 23.4 Å². The number of rotatable bonds is 2. The van der Waals surface area contributed by atoms with Crippen LogP contribution in [0.4, 0.5) is 13.2 Å². The van der Waals surface area contributed by atoms with E-state index in [-0.39, 0.29) is 0 Å².